The van der Waals surface area contributed by atoms with Gasteiger partial charge in [0.05, 0.1) is 33.3 Å². The Morgan fingerprint density at radius 3 is 1.74 bits per heavy atom. The monoisotopic (exact) mass is 636 g/mol. The predicted molar refractivity (Wildman–Crippen MR) is 209 cm³/mol. The molecule has 0 aliphatic carbocycles. The molecular formula is C46H28N4. The van der Waals surface area contributed by atoms with Gasteiger partial charge >= 0.3 is 0 Å². The number of aromatic nitrogens is 4. The largest absolute Gasteiger partial charge is 0.309 e. The fraction of sp³-hybridized carbons (Fsp3) is 0. The third-order valence-corrected chi connectivity index (χ3v) is 10.3. The van der Waals surface area contributed by atoms with Gasteiger partial charge in [0.2, 0.25) is 5.95 Å². The van der Waals surface area contributed by atoms with Crippen molar-refractivity contribution in [2.45, 2.75) is 0 Å². The molecule has 0 saturated carbocycles. The molecule has 0 spiro atoms. The SMILES string of the molecule is c1ccc2cc(-c3nc(-n4c5ccccc5c5c6cc(-n7c8ccccc8c8ccccc87)ccc6ccc54)nc4ccccc34)ccc2c1. The molecule has 0 radical (unpaired) electrons. The quantitative estimate of drug-likeness (QED) is 0.193. The maximum Gasteiger partial charge on any atom is 0.235 e. The Kier molecular flexibility index (Phi) is 5.63. The minimum atomic E-state index is 0.663. The first-order chi connectivity index (χ1) is 24.8. The van der Waals surface area contributed by atoms with Gasteiger partial charge in [0, 0.05) is 38.2 Å². The van der Waals surface area contributed by atoms with Gasteiger partial charge in [-0.05, 0) is 70.1 Å². The molecule has 50 heavy (non-hydrogen) atoms. The topological polar surface area (TPSA) is 35.6 Å². The number of benzene rings is 8. The fourth-order valence-corrected chi connectivity index (χ4v) is 8.05. The van der Waals surface area contributed by atoms with Gasteiger partial charge in [0.1, 0.15) is 0 Å². The average molecular weight is 637 g/mol. The van der Waals surface area contributed by atoms with E-state index in [1.807, 2.05) is 0 Å². The number of hydrogen-bond acceptors (Lipinski definition) is 2. The molecule has 0 atom stereocenters. The Labute approximate surface area is 287 Å². The summed E-state index contributed by atoms with van der Waals surface area (Å²) in [6.07, 6.45) is 0. The molecular weight excluding hydrogens is 609 g/mol. The summed E-state index contributed by atoms with van der Waals surface area (Å²) in [6, 6.07) is 60.8. The van der Waals surface area contributed by atoms with Crippen molar-refractivity contribution in [2.24, 2.45) is 0 Å². The smallest absolute Gasteiger partial charge is 0.235 e. The van der Waals surface area contributed by atoms with Crippen LogP contribution >= 0.6 is 0 Å². The van der Waals surface area contributed by atoms with Crippen LogP contribution in [0.4, 0.5) is 0 Å². The van der Waals surface area contributed by atoms with Gasteiger partial charge in [0.25, 0.3) is 0 Å². The summed E-state index contributed by atoms with van der Waals surface area (Å²) < 4.78 is 4.64. The van der Waals surface area contributed by atoms with Gasteiger partial charge in [0.15, 0.2) is 0 Å². The van der Waals surface area contributed by atoms with Gasteiger partial charge in [-0.3, -0.25) is 4.57 Å². The summed E-state index contributed by atoms with van der Waals surface area (Å²) >= 11 is 0. The van der Waals surface area contributed by atoms with Crippen molar-refractivity contribution >= 4 is 76.1 Å². The molecule has 232 valence electrons. The Hall–Kier alpha value is -6.78. The van der Waals surface area contributed by atoms with Gasteiger partial charge < -0.3 is 4.57 Å². The number of nitrogens with zero attached hydrogens (tertiary/aromatic N) is 4. The van der Waals surface area contributed by atoms with E-state index in [0.717, 1.165) is 38.9 Å². The zero-order valence-electron chi connectivity index (χ0n) is 27.0. The van der Waals surface area contributed by atoms with Gasteiger partial charge in [-0.1, -0.05) is 121 Å². The van der Waals surface area contributed by atoms with Crippen LogP contribution < -0.4 is 0 Å². The average Bonchev–Trinajstić information content (AvgIpc) is 3.70. The van der Waals surface area contributed by atoms with Crippen LogP contribution in [0.2, 0.25) is 0 Å². The number of fused-ring (bicyclic) bond motifs is 10. The lowest BCUT2D eigenvalue weighted by Crippen LogP contribution is -2.03. The van der Waals surface area contributed by atoms with Crippen molar-refractivity contribution in [3.63, 3.8) is 0 Å². The highest BCUT2D eigenvalue weighted by Gasteiger charge is 2.20. The molecule has 0 bridgehead atoms. The lowest BCUT2D eigenvalue weighted by atomic mass is 10.0. The third kappa shape index (κ3) is 3.87. The first kappa shape index (κ1) is 27.2. The summed E-state index contributed by atoms with van der Waals surface area (Å²) in [5, 5.41) is 10.7. The summed E-state index contributed by atoms with van der Waals surface area (Å²) in [7, 11) is 0. The highest BCUT2D eigenvalue weighted by Crippen LogP contribution is 2.39. The molecule has 0 aliphatic heterocycles. The Morgan fingerprint density at radius 2 is 0.960 bits per heavy atom. The lowest BCUT2D eigenvalue weighted by molar-refractivity contribution is 1.01. The maximum atomic E-state index is 5.38. The van der Waals surface area contributed by atoms with Crippen LogP contribution in [0.3, 0.4) is 0 Å². The summed E-state index contributed by atoms with van der Waals surface area (Å²) in [5.74, 6) is 0.663. The second kappa shape index (κ2) is 10.4. The van der Waals surface area contributed by atoms with Gasteiger partial charge in [-0.25, -0.2) is 9.97 Å². The minimum absolute atomic E-state index is 0.663. The van der Waals surface area contributed by atoms with E-state index in [1.54, 1.807) is 0 Å². The molecule has 3 aromatic heterocycles. The molecule has 0 amide bonds. The predicted octanol–water partition coefficient (Wildman–Crippen LogP) is 11.8. The zero-order chi connectivity index (χ0) is 32.8. The molecule has 0 unspecified atom stereocenters. The second-order valence-electron chi connectivity index (χ2n) is 13.0. The van der Waals surface area contributed by atoms with Crippen molar-refractivity contribution < 1.29 is 0 Å². The van der Waals surface area contributed by atoms with Gasteiger partial charge in [-0.15, -0.1) is 0 Å². The van der Waals surface area contributed by atoms with E-state index in [4.69, 9.17) is 9.97 Å². The zero-order valence-corrected chi connectivity index (χ0v) is 27.0. The highest BCUT2D eigenvalue weighted by atomic mass is 15.2. The van der Waals surface area contributed by atoms with Gasteiger partial charge in [-0.2, -0.15) is 0 Å². The number of para-hydroxylation sites is 4. The number of rotatable bonds is 3. The standard InChI is InChI=1S/C46H28N4/c1-2-12-31-27-32(22-21-29(31)11-1)45-36-15-3-7-17-39(36)47-46(48-45)50-42-20-10-6-16-37(42)44-38-28-33(25-23-30(38)24-26-43(44)50)49-40-18-8-4-13-34(40)35-14-5-9-19-41(35)49/h1-28H. The molecule has 0 saturated heterocycles. The van der Waals surface area contributed by atoms with Crippen molar-refractivity contribution in [2.75, 3.05) is 0 Å². The van der Waals surface area contributed by atoms with E-state index in [1.165, 1.54) is 54.1 Å². The van der Waals surface area contributed by atoms with Crippen LogP contribution in [-0.2, 0) is 0 Å². The molecule has 0 N–H and O–H groups in total. The molecule has 4 nitrogen and oxygen atoms in total. The first-order valence-electron chi connectivity index (χ1n) is 17.0. The molecule has 8 aromatic carbocycles. The normalized spacial score (nSPS) is 12.0. The van der Waals surface area contributed by atoms with E-state index in [9.17, 15) is 0 Å². The Morgan fingerprint density at radius 1 is 0.360 bits per heavy atom. The summed E-state index contributed by atoms with van der Waals surface area (Å²) in [4.78, 5) is 10.6. The van der Waals surface area contributed by atoms with Crippen molar-refractivity contribution in [1.29, 1.82) is 0 Å². The van der Waals surface area contributed by atoms with E-state index < -0.39 is 0 Å². The van der Waals surface area contributed by atoms with Crippen molar-refractivity contribution in [3.8, 4) is 22.9 Å². The maximum absolute atomic E-state index is 5.38. The molecule has 11 aromatic rings. The van der Waals surface area contributed by atoms with E-state index in [0.29, 0.717) is 5.95 Å². The fourth-order valence-electron chi connectivity index (χ4n) is 8.05. The van der Waals surface area contributed by atoms with E-state index in [-0.39, 0.29) is 0 Å². The van der Waals surface area contributed by atoms with Crippen LogP contribution in [-0.4, -0.2) is 19.1 Å². The highest BCUT2D eigenvalue weighted by molar-refractivity contribution is 6.22. The summed E-state index contributed by atoms with van der Waals surface area (Å²) in [5.41, 5.74) is 8.62. The Bertz CT molecular complexity index is 3110. The molecule has 4 heteroatoms. The minimum Gasteiger partial charge on any atom is -0.309 e. The van der Waals surface area contributed by atoms with Crippen molar-refractivity contribution in [1.82, 2.24) is 19.1 Å². The third-order valence-electron chi connectivity index (χ3n) is 10.3. The number of hydrogen-bond donors (Lipinski definition) is 0. The molecule has 0 aliphatic rings. The summed E-state index contributed by atoms with van der Waals surface area (Å²) in [6.45, 7) is 0. The Balaban J connectivity index is 1.20. The first-order valence-corrected chi connectivity index (χ1v) is 17.0. The van der Waals surface area contributed by atoms with Crippen LogP contribution in [0.25, 0.3) is 99.0 Å². The molecule has 3 heterocycles. The second-order valence-corrected chi connectivity index (χ2v) is 13.0. The molecule has 0 fully saturated rings. The van der Waals surface area contributed by atoms with Crippen LogP contribution in [0.1, 0.15) is 0 Å². The van der Waals surface area contributed by atoms with Crippen LogP contribution in [0, 0.1) is 0 Å². The van der Waals surface area contributed by atoms with E-state index >= 15 is 0 Å². The van der Waals surface area contributed by atoms with E-state index in [2.05, 4.69) is 179 Å². The lowest BCUT2D eigenvalue weighted by Gasteiger charge is -2.13. The van der Waals surface area contributed by atoms with Crippen molar-refractivity contribution in [3.05, 3.63) is 170 Å². The van der Waals surface area contributed by atoms with Crippen LogP contribution in [0.15, 0.2) is 170 Å². The van der Waals surface area contributed by atoms with Crippen LogP contribution in [0.5, 0.6) is 0 Å². The molecule has 11 rings (SSSR count).